The van der Waals surface area contributed by atoms with Crippen molar-refractivity contribution in [2.24, 2.45) is 0 Å². The summed E-state index contributed by atoms with van der Waals surface area (Å²) in [6, 6.07) is 10.6. The highest BCUT2D eigenvalue weighted by molar-refractivity contribution is 8.18. The summed E-state index contributed by atoms with van der Waals surface area (Å²) in [5.74, 6) is -0.000688. The molecule has 0 bridgehead atoms. The Hall–Kier alpha value is -2.68. The summed E-state index contributed by atoms with van der Waals surface area (Å²) in [6.45, 7) is 1.27. The molecule has 2 aromatic rings. The van der Waals surface area contributed by atoms with Crippen LogP contribution in [-0.2, 0) is 16.2 Å². The molecule has 10 heteroatoms. The van der Waals surface area contributed by atoms with E-state index in [4.69, 9.17) is 32.7 Å². The number of piperidine rings is 1. The number of hydrogen-bond donors (Lipinski definition) is 0. The van der Waals surface area contributed by atoms with Gasteiger partial charge in [0.1, 0.15) is 13.2 Å². The number of ether oxygens (including phenoxy) is 2. The highest BCUT2D eigenvalue weighted by Crippen LogP contribution is 2.39. The van der Waals surface area contributed by atoms with Crippen LogP contribution in [0.2, 0.25) is 10.0 Å². The van der Waals surface area contributed by atoms with Crippen molar-refractivity contribution in [3.05, 3.63) is 62.5 Å². The van der Waals surface area contributed by atoms with Crippen LogP contribution < -0.4 is 9.47 Å². The zero-order chi connectivity index (χ0) is 24.9. The standard InChI is InChI=1S/C25H24Cl2N2O5S/c1-33-20-12-16(11-19(27)23(20)34-15-17-7-3-4-8-18(17)26)13-21-24(31)29(25(32)35-21)14-22(30)28-9-5-2-6-10-28/h3-4,7-8,11-13H,2,5-6,9-10,14-15H2,1H3/b21-13-. The number of imide groups is 1. The van der Waals surface area contributed by atoms with Crippen LogP contribution in [0.5, 0.6) is 11.5 Å². The minimum atomic E-state index is -0.500. The summed E-state index contributed by atoms with van der Waals surface area (Å²) in [4.78, 5) is 40.8. The molecule has 35 heavy (non-hydrogen) atoms. The van der Waals surface area contributed by atoms with Crippen LogP contribution in [0.25, 0.3) is 6.08 Å². The van der Waals surface area contributed by atoms with Crippen molar-refractivity contribution in [3.63, 3.8) is 0 Å². The molecule has 0 radical (unpaired) electrons. The van der Waals surface area contributed by atoms with Crippen LogP contribution in [-0.4, -0.2) is 53.6 Å². The van der Waals surface area contributed by atoms with Crippen LogP contribution in [0.15, 0.2) is 41.3 Å². The summed E-state index contributed by atoms with van der Waals surface area (Å²) >= 11 is 13.5. The summed E-state index contributed by atoms with van der Waals surface area (Å²) < 4.78 is 11.3. The Labute approximate surface area is 217 Å². The molecule has 3 amide bonds. The van der Waals surface area contributed by atoms with E-state index in [9.17, 15) is 14.4 Å². The van der Waals surface area contributed by atoms with E-state index >= 15 is 0 Å². The third kappa shape index (κ3) is 5.94. The van der Waals surface area contributed by atoms with Crippen molar-refractivity contribution >= 4 is 58.1 Å². The average Bonchev–Trinajstić information content (AvgIpc) is 3.11. The van der Waals surface area contributed by atoms with Crippen LogP contribution in [0.1, 0.15) is 30.4 Å². The van der Waals surface area contributed by atoms with Gasteiger partial charge in [-0.3, -0.25) is 19.3 Å². The Bertz CT molecular complexity index is 1180. The number of carbonyl (C=O) groups excluding carboxylic acids is 3. The SMILES string of the molecule is COc1cc(/C=C2\SC(=O)N(CC(=O)N3CCCCC3)C2=O)cc(Cl)c1OCc1ccccc1Cl. The lowest BCUT2D eigenvalue weighted by Gasteiger charge is -2.27. The third-order valence-electron chi connectivity index (χ3n) is 5.76. The summed E-state index contributed by atoms with van der Waals surface area (Å²) in [6.07, 6.45) is 4.52. The van der Waals surface area contributed by atoms with Gasteiger partial charge < -0.3 is 14.4 Å². The fraction of sp³-hybridized carbons (Fsp3) is 0.320. The lowest BCUT2D eigenvalue weighted by molar-refractivity contribution is -0.136. The monoisotopic (exact) mass is 534 g/mol. The number of rotatable bonds is 7. The Morgan fingerprint density at radius 2 is 1.83 bits per heavy atom. The van der Waals surface area contributed by atoms with Gasteiger partial charge in [0, 0.05) is 23.7 Å². The van der Waals surface area contributed by atoms with Crippen molar-refractivity contribution < 1.29 is 23.9 Å². The largest absolute Gasteiger partial charge is 0.493 e. The predicted molar refractivity (Wildman–Crippen MR) is 137 cm³/mol. The number of carbonyl (C=O) groups is 3. The molecule has 0 atom stereocenters. The van der Waals surface area contributed by atoms with Gasteiger partial charge in [0.2, 0.25) is 5.91 Å². The molecular weight excluding hydrogens is 511 g/mol. The maximum Gasteiger partial charge on any atom is 0.294 e. The smallest absolute Gasteiger partial charge is 0.294 e. The first kappa shape index (κ1) is 25.4. The molecule has 0 N–H and O–H groups in total. The second kappa shape index (κ2) is 11.4. The molecule has 2 aliphatic rings. The molecule has 2 saturated heterocycles. The Kier molecular flexibility index (Phi) is 8.26. The lowest BCUT2D eigenvalue weighted by Crippen LogP contribution is -2.44. The topological polar surface area (TPSA) is 76.2 Å². The van der Waals surface area contributed by atoms with E-state index in [-0.39, 0.29) is 29.0 Å². The molecule has 2 fully saturated rings. The predicted octanol–water partition coefficient (Wildman–Crippen LogP) is 5.63. The first-order valence-electron chi connectivity index (χ1n) is 11.1. The maximum atomic E-state index is 12.9. The molecule has 2 heterocycles. The number of benzene rings is 2. The molecule has 0 spiro atoms. The average molecular weight is 535 g/mol. The van der Waals surface area contributed by atoms with Crippen LogP contribution in [0, 0.1) is 0 Å². The molecule has 7 nitrogen and oxygen atoms in total. The van der Waals surface area contributed by atoms with E-state index in [2.05, 4.69) is 0 Å². The molecule has 0 aromatic heterocycles. The van der Waals surface area contributed by atoms with Gasteiger partial charge in [-0.15, -0.1) is 0 Å². The number of halogens is 2. The first-order valence-corrected chi connectivity index (χ1v) is 12.7. The van der Waals surface area contributed by atoms with Gasteiger partial charge in [-0.05, 0) is 60.9 Å². The minimum Gasteiger partial charge on any atom is -0.493 e. The van der Waals surface area contributed by atoms with E-state index < -0.39 is 11.1 Å². The molecule has 2 aliphatic heterocycles. The third-order valence-corrected chi connectivity index (χ3v) is 7.31. The van der Waals surface area contributed by atoms with Crippen molar-refractivity contribution in [3.8, 4) is 11.5 Å². The van der Waals surface area contributed by atoms with Gasteiger partial charge >= 0.3 is 0 Å². The van der Waals surface area contributed by atoms with E-state index in [1.54, 1.807) is 29.2 Å². The van der Waals surface area contributed by atoms with E-state index in [0.717, 1.165) is 41.5 Å². The number of hydrogen-bond acceptors (Lipinski definition) is 6. The molecule has 0 unspecified atom stereocenters. The quantitative estimate of drug-likeness (QED) is 0.428. The highest BCUT2D eigenvalue weighted by atomic mass is 35.5. The normalized spacial score (nSPS) is 17.3. The van der Waals surface area contributed by atoms with Crippen LogP contribution >= 0.6 is 35.0 Å². The Morgan fingerprint density at radius 1 is 1.09 bits per heavy atom. The second-order valence-corrected chi connectivity index (χ2v) is 9.93. The van der Waals surface area contributed by atoms with Crippen molar-refractivity contribution in [1.29, 1.82) is 0 Å². The molecule has 0 saturated carbocycles. The fourth-order valence-electron chi connectivity index (χ4n) is 3.89. The first-order chi connectivity index (χ1) is 16.9. The summed E-state index contributed by atoms with van der Waals surface area (Å²) in [7, 11) is 1.48. The van der Waals surface area contributed by atoms with Crippen molar-refractivity contribution in [1.82, 2.24) is 9.80 Å². The van der Waals surface area contributed by atoms with Gasteiger partial charge in [0.05, 0.1) is 17.0 Å². The van der Waals surface area contributed by atoms with Gasteiger partial charge in [0.15, 0.2) is 11.5 Å². The van der Waals surface area contributed by atoms with E-state index in [1.807, 2.05) is 18.2 Å². The lowest BCUT2D eigenvalue weighted by atomic mass is 10.1. The van der Waals surface area contributed by atoms with E-state index in [1.165, 1.54) is 7.11 Å². The number of amides is 3. The number of thioether (sulfide) groups is 1. The van der Waals surface area contributed by atoms with Crippen LogP contribution in [0.4, 0.5) is 4.79 Å². The molecule has 4 rings (SSSR count). The zero-order valence-corrected chi connectivity index (χ0v) is 21.4. The van der Waals surface area contributed by atoms with Gasteiger partial charge in [-0.1, -0.05) is 41.4 Å². The Morgan fingerprint density at radius 3 is 2.54 bits per heavy atom. The Balaban J connectivity index is 1.49. The number of likely N-dealkylation sites (tertiary alicyclic amines) is 1. The summed E-state index contributed by atoms with van der Waals surface area (Å²) in [5.41, 5.74) is 1.36. The van der Waals surface area contributed by atoms with Crippen molar-refractivity contribution in [2.75, 3.05) is 26.7 Å². The van der Waals surface area contributed by atoms with Gasteiger partial charge in [-0.2, -0.15) is 0 Å². The highest BCUT2D eigenvalue weighted by Gasteiger charge is 2.37. The molecular formula is C25H24Cl2N2O5S. The van der Waals surface area contributed by atoms with Crippen LogP contribution in [0.3, 0.4) is 0 Å². The molecule has 184 valence electrons. The number of methoxy groups -OCH3 is 1. The maximum absolute atomic E-state index is 12.9. The zero-order valence-electron chi connectivity index (χ0n) is 19.1. The number of nitrogens with zero attached hydrogens (tertiary/aromatic N) is 2. The van der Waals surface area contributed by atoms with E-state index in [0.29, 0.717) is 35.2 Å². The summed E-state index contributed by atoms with van der Waals surface area (Å²) in [5, 5.41) is 0.389. The van der Waals surface area contributed by atoms with Gasteiger partial charge in [-0.25, -0.2) is 0 Å². The van der Waals surface area contributed by atoms with Gasteiger partial charge in [0.25, 0.3) is 11.1 Å². The molecule has 0 aliphatic carbocycles. The van der Waals surface area contributed by atoms with Crippen molar-refractivity contribution in [2.45, 2.75) is 25.9 Å². The minimum absolute atomic E-state index is 0.193. The fourth-order valence-corrected chi connectivity index (χ4v) is 5.20. The molecule has 2 aromatic carbocycles. The second-order valence-electron chi connectivity index (χ2n) is 8.12.